The van der Waals surface area contributed by atoms with E-state index in [4.69, 9.17) is 0 Å². The Labute approximate surface area is 215 Å². The van der Waals surface area contributed by atoms with E-state index < -0.39 is 0 Å². The number of hydrogen-bond acceptors (Lipinski definition) is 5. The Balaban J connectivity index is 0.00000253. The molecular formula is C25H25BrClN5O3. The van der Waals surface area contributed by atoms with Crippen LogP contribution in [0.3, 0.4) is 0 Å². The van der Waals surface area contributed by atoms with E-state index in [0.717, 1.165) is 59.0 Å². The van der Waals surface area contributed by atoms with Crippen molar-refractivity contribution in [1.29, 1.82) is 0 Å². The van der Waals surface area contributed by atoms with Gasteiger partial charge in [-0.1, -0.05) is 0 Å². The molecule has 1 amide bonds. The van der Waals surface area contributed by atoms with Crippen molar-refractivity contribution >= 4 is 56.6 Å². The first-order valence-electron chi connectivity index (χ1n) is 11.6. The third-order valence-corrected chi connectivity index (χ3v) is 7.59. The Hall–Kier alpha value is -2.75. The molecule has 0 spiro atoms. The summed E-state index contributed by atoms with van der Waals surface area (Å²) in [5.74, 6) is 1.60. The highest BCUT2D eigenvalue weighted by Crippen LogP contribution is 2.34. The zero-order valence-corrected chi connectivity index (χ0v) is 21.5. The molecule has 182 valence electrons. The zero-order valence-electron chi connectivity index (χ0n) is 19.1. The predicted octanol–water partition coefficient (Wildman–Crippen LogP) is 4.28. The van der Waals surface area contributed by atoms with E-state index in [0.29, 0.717) is 29.0 Å². The van der Waals surface area contributed by atoms with Crippen molar-refractivity contribution in [2.75, 3.05) is 11.4 Å². The van der Waals surface area contributed by atoms with Crippen LogP contribution >= 0.6 is 28.3 Å². The summed E-state index contributed by atoms with van der Waals surface area (Å²) in [5.41, 5.74) is 4.10. The molecule has 0 unspecified atom stereocenters. The van der Waals surface area contributed by atoms with Crippen LogP contribution in [0.25, 0.3) is 16.6 Å². The maximum absolute atomic E-state index is 13.5. The molecule has 8 nitrogen and oxygen atoms in total. The van der Waals surface area contributed by atoms with Gasteiger partial charge in [0.25, 0.3) is 11.5 Å². The summed E-state index contributed by atoms with van der Waals surface area (Å²) in [5, 5.41) is 9.91. The minimum atomic E-state index is -0.259. The standard InChI is InChI=1S/C25H24BrN5O3.ClH/c1-13-8-20-19(10-18(13)25(34)30-7-6-15-9-16(26)11-27-22(15)30)29-24(33)21-12-28-23(31(20)21)14-2-4-17(32)5-3-14;/h8-12,14,17,32H,2-7H2,1H3,(H,29,33);1H. The second-order valence-corrected chi connectivity index (χ2v) is 10.2. The highest BCUT2D eigenvalue weighted by atomic mass is 79.9. The summed E-state index contributed by atoms with van der Waals surface area (Å²) >= 11 is 3.45. The lowest BCUT2D eigenvalue weighted by Gasteiger charge is -2.25. The number of aliphatic hydroxyl groups is 1. The monoisotopic (exact) mass is 557 g/mol. The van der Waals surface area contributed by atoms with E-state index >= 15 is 0 Å². The third-order valence-electron chi connectivity index (χ3n) is 7.16. The highest BCUT2D eigenvalue weighted by molar-refractivity contribution is 9.10. The van der Waals surface area contributed by atoms with Crippen LogP contribution in [0.4, 0.5) is 5.82 Å². The van der Waals surface area contributed by atoms with Gasteiger partial charge in [-0.3, -0.25) is 18.9 Å². The molecular weight excluding hydrogens is 534 g/mol. The molecule has 3 aromatic heterocycles. The van der Waals surface area contributed by atoms with Crippen molar-refractivity contribution in [1.82, 2.24) is 19.4 Å². The van der Waals surface area contributed by atoms with Crippen LogP contribution in [0.5, 0.6) is 0 Å². The number of imidazole rings is 1. The van der Waals surface area contributed by atoms with E-state index in [2.05, 4.69) is 30.9 Å². The van der Waals surface area contributed by atoms with Gasteiger partial charge in [0, 0.05) is 28.7 Å². The van der Waals surface area contributed by atoms with Crippen molar-refractivity contribution in [3.8, 4) is 0 Å². The number of nitrogens with one attached hydrogen (secondary N) is 1. The van der Waals surface area contributed by atoms with Gasteiger partial charge in [0.2, 0.25) is 0 Å². The fraction of sp³-hybridized carbons (Fsp3) is 0.360. The fourth-order valence-corrected chi connectivity index (χ4v) is 5.76. The second kappa shape index (κ2) is 9.04. The van der Waals surface area contributed by atoms with E-state index in [9.17, 15) is 14.7 Å². The number of benzene rings is 1. The molecule has 1 aliphatic heterocycles. The minimum absolute atomic E-state index is 0. The number of aromatic amines is 1. The summed E-state index contributed by atoms with van der Waals surface area (Å²) in [7, 11) is 0. The number of hydrogen-bond donors (Lipinski definition) is 2. The van der Waals surface area contributed by atoms with Crippen LogP contribution in [0.2, 0.25) is 0 Å². The number of aliphatic hydroxyl groups excluding tert-OH is 1. The number of amides is 1. The lowest BCUT2D eigenvalue weighted by Crippen LogP contribution is -2.30. The van der Waals surface area contributed by atoms with Crippen LogP contribution in [0, 0.1) is 6.92 Å². The Kier molecular flexibility index (Phi) is 6.19. The van der Waals surface area contributed by atoms with Crippen molar-refractivity contribution in [2.45, 2.75) is 51.0 Å². The molecule has 1 saturated carbocycles. The molecule has 1 aliphatic carbocycles. The summed E-state index contributed by atoms with van der Waals surface area (Å²) in [6, 6.07) is 5.74. The minimum Gasteiger partial charge on any atom is -0.393 e. The molecule has 0 saturated heterocycles. The van der Waals surface area contributed by atoms with Crippen molar-refractivity contribution in [2.24, 2.45) is 0 Å². The molecule has 1 aromatic carbocycles. The Morgan fingerprint density at radius 1 is 1.11 bits per heavy atom. The van der Waals surface area contributed by atoms with Gasteiger partial charge >= 0.3 is 0 Å². The van der Waals surface area contributed by atoms with Gasteiger partial charge in [0.1, 0.15) is 17.2 Å². The first-order chi connectivity index (χ1) is 16.4. The molecule has 2 aliphatic rings. The molecule has 1 fully saturated rings. The van der Waals surface area contributed by atoms with Gasteiger partial charge in [0.15, 0.2) is 0 Å². The number of aryl methyl sites for hydroxylation is 1. The number of aromatic nitrogens is 4. The molecule has 0 atom stereocenters. The summed E-state index contributed by atoms with van der Waals surface area (Å²) in [4.78, 5) is 40.2. The number of fused-ring (bicyclic) bond motifs is 4. The molecule has 0 bridgehead atoms. The normalized spacial score (nSPS) is 19.7. The third kappa shape index (κ3) is 3.95. The summed E-state index contributed by atoms with van der Waals surface area (Å²) in [6.07, 6.45) is 6.97. The second-order valence-electron chi connectivity index (χ2n) is 9.32. The van der Waals surface area contributed by atoms with Crippen LogP contribution in [-0.4, -0.2) is 43.0 Å². The van der Waals surface area contributed by atoms with Crippen LogP contribution in [-0.2, 0) is 6.42 Å². The summed E-state index contributed by atoms with van der Waals surface area (Å²) < 4.78 is 2.83. The number of pyridine rings is 1. The maximum atomic E-state index is 13.5. The van der Waals surface area contributed by atoms with E-state index in [1.807, 2.05) is 23.5 Å². The first kappa shape index (κ1) is 24.0. The van der Waals surface area contributed by atoms with Gasteiger partial charge in [-0.2, -0.15) is 0 Å². The zero-order chi connectivity index (χ0) is 23.6. The van der Waals surface area contributed by atoms with Gasteiger partial charge in [0.05, 0.1) is 23.3 Å². The van der Waals surface area contributed by atoms with E-state index in [1.165, 1.54) is 0 Å². The average Bonchev–Trinajstić information content (AvgIpc) is 3.44. The molecule has 0 radical (unpaired) electrons. The number of rotatable bonds is 2. The van der Waals surface area contributed by atoms with Gasteiger partial charge in [-0.25, -0.2) is 9.97 Å². The Morgan fingerprint density at radius 2 is 1.89 bits per heavy atom. The predicted molar refractivity (Wildman–Crippen MR) is 140 cm³/mol. The van der Waals surface area contributed by atoms with Crippen LogP contribution in [0.15, 0.2) is 39.9 Å². The van der Waals surface area contributed by atoms with Crippen LogP contribution < -0.4 is 10.5 Å². The van der Waals surface area contributed by atoms with Crippen molar-refractivity contribution in [3.63, 3.8) is 0 Å². The smallest absolute Gasteiger partial charge is 0.274 e. The van der Waals surface area contributed by atoms with Gasteiger partial charge in [-0.15, -0.1) is 12.4 Å². The number of carbonyl (C=O) groups is 1. The van der Waals surface area contributed by atoms with Crippen LogP contribution in [0.1, 0.15) is 58.9 Å². The lowest BCUT2D eigenvalue weighted by molar-refractivity contribution is 0.0988. The number of H-pyrrole nitrogens is 1. The number of carbonyl (C=O) groups excluding carboxylic acids is 1. The first-order valence-corrected chi connectivity index (χ1v) is 12.4. The maximum Gasteiger partial charge on any atom is 0.274 e. The molecule has 2 N–H and O–H groups in total. The highest BCUT2D eigenvalue weighted by Gasteiger charge is 2.29. The van der Waals surface area contributed by atoms with Gasteiger partial charge in [-0.05, 0) is 84.3 Å². The molecule has 6 rings (SSSR count). The molecule has 4 heterocycles. The van der Waals surface area contributed by atoms with E-state index in [-0.39, 0.29) is 35.9 Å². The number of halogens is 2. The summed E-state index contributed by atoms with van der Waals surface area (Å²) in [6.45, 7) is 2.49. The van der Waals surface area contributed by atoms with E-state index in [1.54, 1.807) is 23.4 Å². The molecule has 4 aromatic rings. The Bertz CT molecular complexity index is 1520. The lowest BCUT2D eigenvalue weighted by atomic mass is 9.87. The number of nitrogens with zero attached hydrogens (tertiary/aromatic N) is 4. The quantitative estimate of drug-likeness (QED) is 0.382. The SMILES string of the molecule is Cc1cc2c(cc1C(=O)N1CCc3cc(Br)cnc31)[nH]c(=O)c1cnc(C3CCC(O)CC3)n12.Cl. The average molecular weight is 559 g/mol. The van der Waals surface area contributed by atoms with Crippen molar-refractivity contribution < 1.29 is 9.90 Å². The van der Waals surface area contributed by atoms with Crippen molar-refractivity contribution in [3.05, 3.63) is 67.9 Å². The number of anilines is 1. The van der Waals surface area contributed by atoms with Gasteiger partial charge < -0.3 is 10.1 Å². The topological polar surface area (TPSA) is 104 Å². The fourth-order valence-electron chi connectivity index (χ4n) is 5.38. The Morgan fingerprint density at radius 3 is 2.66 bits per heavy atom. The molecule has 10 heteroatoms. The largest absolute Gasteiger partial charge is 0.393 e. The molecule has 35 heavy (non-hydrogen) atoms.